The molecule has 0 heterocycles. The molecule has 0 aromatic rings. The molecule has 1 amide bonds. The first-order chi connectivity index (χ1) is 39.5. The zero-order chi connectivity index (χ0) is 59.1. The minimum absolute atomic E-state index is 0.0633. The molecular weight excluding hydrogens is 1020 g/mol. The number of nitrogens with one attached hydrogen (secondary N) is 1. The number of phosphoric ester groups is 1. The second-order valence-electron chi connectivity index (χ2n) is 23.5. The van der Waals surface area contributed by atoms with Crippen molar-refractivity contribution in [2.45, 2.75) is 289 Å². The summed E-state index contributed by atoms with van der Waals surface area (Å²) in [6.45, 7) is 4.77. The second-order valence-corrected chi connectivity index (χ2v) is 24.9. The number of rotatable bonds is 60. The maximum absolute atomic E-state index is 13.1. The SMILES string of the molecule is CC/C=C\C/C=C\C/C=C\C/C=C\C/C=C\C/C=C\C/C=C\C/C=C\C/C=C\C/C=C\CCCCCCC(=O)NC(COP(=O)(O)OCC[N+](C)(C)C)C(O)CCCCCCCCCCCCCCCCCCCCCCCCCC. The number of aliphatic hydroxyl groups excluding tert-OH is 1. The second kappa shape index (κ2) is 61.5. The lowest BCUT2D eigenvalue weighted by atomic mass is 10.0. The predicted octanol–water partition coefficient (Wildman–Crippen LogP) is 21.3. The highest BCUT2D eigenvalue weighted by atomic mass is 31.2. The van der Waals surface area contributed by atoms with Crippen molar-refractivity contribution in [2.75, 3.05) is 40.9 Å². The van der Waals surface area contributed by atoms with E-state index in [-0.39, 0.29) is 19.1 Å². The molecular formula is C72H128N2O6P+. The van der Waals surface area contributed by atoms with Gasteiger partial charge in [0.15, 0.2) is 0 Å². The lowest BCUT2D eigenvalue weighted by Crippen LogP contribution is -2.46. The van der Waals surface area contributed by atoms with Crippen LogP contribution in [0.5, 0.6) is 0 Å². The van der Waals surface area contributed by atoms with Gasteiger partial charge in [-0.15, -0.1) is 0 Å². The van der Waals surface area contributed by atoms with Crippen LogP contribution in [0.1, 0.15) is 277 Å². The lowest BCUT2D eigenvalue weighted by molar-refractivity contribution is -0.870. The molecule has 3 unspecified atom stereocenters. The summed E-state index contributed by atoms with van der Waals surface area (Å²) in [7, 11) is 1.59. The molecule has 81 heavy (non-hydrogen) atoms. The van der Waals surface area contributed by atoms with Crippen molar-refractivity contribution in [2.24, 2.45) is 0 Å². The third-order valence-electron chi connectivity index (χ3n) is 14.5. The zero-order valence-electron chi connectivity index (χ0n) is 53.2. The largest absolute Gasteiger partial charge is 0.472 e. The maximum Gasteiger partial charge on any atom is 0.472 e. The number of nitrogens with zero attached hydrogens (tertiary/aromatic N) is 1. The Balaban J connectivity index is 4.20. The molecule has 0 aliphatic heterocycles. The van der Waals surface area contributed by atoms with Crippen LogP contribution < -0.4 is 5.32 Å². The number of aliphatic hydroxyl groups is 1. The number of hydrogen-bond acceptors (Lipinski definition) is 5. The molecule has 0 rings (SSSR count). The molecule has 3 atom stereocenters. The number of hydrogen-bond donors (Lipinski definition) is 3. The van der Waals surface area contributed by atoms with Gasteiger partial charge >= 0.3 is 7.82 Å². The van der Waals surface area contributed by atoms with Gasteiger partial charge in [-0.25, -0.2) is 4.57 Å². The number of phosphoric acid groups is 1. The molecule has 0 saturated heterocycles. The van der Waals surface area contributed by atoms with E-state index in [1.165, 1.54) is 135 Å². The Hall–Kier alpha value is -3.10. The highest BCUT2D eigenvalue weighted by Crippen LogP contribution is 2.43. The molecule has 3 N–H and O–H groups in total. The minimum Gasteiger partial charge on any atom is -0.391 e. The molecule has 9 heteroatoms. The average Bonchev–Trinajstić information content (AvgIpc) is 3.43. The van der Waals surface area contributed by atoms with Gasteiger partial charge in [-0.2, -0.15) is 0 Å². The lowest BCUT2D eigenvalue weighted by Gasteiger charge is -2.26. The molecule has 0 aromatic carbocycles. The molecule has 0 aromatic heterocycles. The summed E-state index contributed by atoms with van der Waals surface area (Å²) < 4.78 is 23.8. The van der Waals surface area contributed by atoms with Gasteiger partial charge in [-0.05, 0) is 89.9 Å². The highest BCUT2D eigenvalue weighted by molar-refractivity contribution is 7.47. The average molecular weight is 1150 g/mol. The van der Waals surface area contributed by atoms with Crippen molar-refractivity contribution in [3.8, 4) is 0 Å². The van der Waals surface area contributed by atoms with Crippen LogP contribution in [0.4, 0.5) is 0 Å². The Labute approximate surface area is 501 Å². The highest BCUT2D eigenvalue weighted by Gasteiger charge is 2.28. The van der Waals surface area contributed by atoms with Gasteiger partial charge < -0.3 is 19.8 Å². The van der Waals surface area contributed by atoms with Crippen LogP contribution >= 0.6 is 7.82 Å². The number of likely N-dealkylation sites (N-methyl/N-ethyl adjacent to an activating group) is 1. The van der Waals surface area contributed by atoms with Crippen molar-refractivity contribution < 1.29 is 32.9 Å². The van der Waals surface area contributed by atoms with E-state index in [9.17, 15) is 19.4 Å². The third-order valence-corrected chi connectivity index (χ3v) is 15.5. The predicted molar refractivity (Wildman–Crippen MR) is 355 cm³/mol. The number of carbonyl (C=O) groups excluding carboxylic acids is 1. The topological polar surface area (TPSA) is 105 Å². The first kappa shape index (κ1) is 77.9. The number of allylic oxidation sites excluding steroid dienone is 20. The molecule has 0 fully saturated rings. The van der Waals surface area contributed by atoms with Crippen LogP contribution in [0.3, 0.4) is 0 Å². The normalized spacial score (nSPS) is 14.5. The Bertz CT molecular complexity index is 1730. The maximum atomic E-state index is 13.1. The first-order valence-electron chi connectivity index (χ1n) is 33.4. The van der Waals surface area contributed by atoms with E-state index < -0.39 is 20.0 Å². The van der Waals surface area contributed by atoms with Gasteiger partial charge in [0.05, 0.1) is 39.9 Å². The summed E-state index contributed by atoms with van der Waals surface area (Å²) in [4.78, 5) is 23.4. The summed E-state index contributed by atoms with van der Waals surface area (Å²) in [6, 6.07) is -0.785. The Morgan fingerprint density at radius 2 is 0.741 bits per heavy atom. The summed E-state index contributed by atoms with van der Waals surface area (Å²) in [6.07, 6.45) is 91.4. The monoisotopic (exact) mass is 1150 g/mol. The summed E-state index contributed by atoms with van der Waals surface area (Å²) in [5.74, 6) is -0.171. The van der Waals surface area contributed by atoms with Crippen molar-refractivity contribution in [3.63, 3.8) is 0 Å². The van der Waals surface area contributed by atoms with Gasteiger partial charge in [-0.3, -0.25) is 13.8 Å². The Morgan fingerprint density at radius 3 is 1.09 bits per heavy atom. The van der Waals surface area contributed by atoms with Crippen LogP contribution in [-0.4, -0.2) is 73.4 Å². The molecule has 8 nitrogen and oxygen atoms in total. The number of amides is 1. The Kier molecular flexibility index (Phi) is 59.1. The van der Waals surface area contributed by atoms with Gasteiger partial charge in [0.1, 0.15) is 13.2 Å². The minimum atomic E-state index is -4.35. The van der Waals surface area contributed by atoms with Crippen LogP contribution in [0.25, 0.3) is 0 Å². The molecule has 466 valence electrons. The van der Waals surface area contributed by atoms with Crippen LogP contribution in [-0.2, 0) is 18.4 Å². The van der Waals surface area contributed by atoms with E-state index in [0.29, 0.717) is 23.9 Å². The van der Waals surface area contributed by atoms with Gasteiger partial charge in [-0.1, -0.05) is 302 Å². The molecule has 0 aliphatic rings. The van der Waals surface area contributed by atoms with E-state index in [1.54, 1.807) is 0 Å². The Morgan fingerprint density at radius 1 is 0.432 bits per heavy atom. The smallest absolute Gasteiger partial charge is 0.391 e. The van der Waals surface area contributed by atoms with Crippen LogP contribution in [0.15, 0.2) is 122 Å². The van der Waals surface area contributed by atoms with E-state index in [2.05, 4.69) is 141 Å². The quantitative estimate of drug-likeness (QED) is 0.0243. The molecule has 0 spiro atoms. The summed E-state index contributed by atoms with van der Waals surface area (Å²) in [5.41, 5.74) is 0. The standard InChI is InChI=1S/C72H127N2O6P/c1-6-8-10-12-14-16-18-20-22-24-26-28-30-32-33-34-35-36-37-38-39-40-41-42-44-46-48-50-52-54-56-58-60-62-64-66-72(76)73-70(69-80-81(77,78)79-68-67-74(3,4)5)71(75)65-63-61-59-57-55-53-51-49-47-45-43-31-29-27-25-23-21-19-17-15-13-11-9-7-2/h8,10,14,16,20,22,26,28,32-33,35-36,38-39,41-42,46,48,52,54,70-71,75H,6-7,9,11-13,15,17-19,21,23-25,27,29-31,34,37,40,43-45,47,49-51,53,55-69H2,1-5H3,(H-,73,76,77,78)/p+1/b10-8-,16-14-,22-20-,28-26-,33-32-,36-35-,39-38-,42-41-,48-46-,54-52-. The zero-order valence-corrected chi connectivity index (χ0v) is 54.1. The first-order valence-corrected chi connectivity index (χ1v) is 34.9. The van der Waals surface area contributed by atoms with Crippen molar-refractivity contribution in [1.82, 2.24) is 5.32 Å². The van der Waals surface area contributed by atoms with Crippen LogP contribution in [0.2, 0.25) is 0 Å². The third kappa shape index (κ3) is 64.3. The van der Waals surface area contributed by atoms with E-state index in [4.69, 9.17) is 9.05 Å². The van der Waals surface area contributed by atoms with Gasteiger partial charge in [0, 0.05) is 6.42 Å². The van der Waals surface area contributed by atoms with E-state index >= 15 is 0 Å². The van der Waals surface area contributed by atoms with Crippen molar-refractivity contribution >= 4 is 13.7 Å². The fourth-order valence-corrected chi connectivity index (χ4v) is 10.0. The summed E-state index contributed by atoms with van der Waals surface area (Å²) >= 11 is 0. The fourth-order valence-electron chi connectivity index (χ4n) is 9.31. The fraction of sp³-hybridized carbons (Fsp3) is 0.708. The van der Waals surface area contributed by atoms with E-state index in [1.807, 2.05) is 21.1 Å². The molecule has 0 bridgehead atoms. The molecule has 0 aliphatic carbocycles. The van der Waals surface area contributed by atoms with Crippen LogP contribution in [0, 0.1) is 0 Å². The van der Waals surface area contributed by atoms with Crippen molar-refractivity contribution in [3.05, 3.63) is 122 Å². The number of quaternary nitrogens is 1. The number of unbranched alkanes of at least 4 members (excludes halogenated alkanes) is 27. The van der Waals surface area contributed by atoms with Crippen molar-refractivity contribution in [1.29, 1.82) is 0 Å². The summed E-state index contributed by atoms with van der Waals surface area (Å²) in [5, 5.41) is 14.1. The van der Waals surface area contributed by atoms with Gasteiger partial charge in [0.25, 0.3) is 0 Å². The molecule has 0 radical (unpaired) electrons. The number of carbonyl (C=O) groups is 1. The van der Waals surface area contributed by atoms with E-state index in [0.717, 1.165) is 116 Å². The van der Waals surface area contributed by atoms with Gasteiger partial charge in [0.2, 0.25) is 5.91 Å². The molecule has 0 saturated carbocycles.